The Morgan fingerprint density at radius 3 is 2.65 bits per heavy atom. The van der Waals surface area contributed by atoms with Gasteiger partial charge in [-0.1, -0.05) is 13.0 Å². The standard InChI is InChI=1S/C14H18N2O3.ClH/c1-9(11-7-15-8-11)13(17)16-12-5-3-4-10(6-12)14(18)19-2;/h3-6,9,11,15H,7-8H2,1-2H3,(H,16,17);1H. The van der Waals surface area contributed by atoms with Crippen molar-refractivity contribution < 1.29 is 14.3 Å². The summed E-state index contributed by atoms with van der Waals surface area (Å²) >= 11 is 0. The van der Waals surface area contributed by atoms with E-state index in [1.807, 2.05) is 6.92 Å². The first-order chi connectivity index (χ1) is 9.11. The number of ether oxygens (including phenoxy) is 1. The summed E-state index contributed by atoms with van der Waals surface area (Å²) in [6, 6.07) is 6.75. The van der Waals surface area contributed by atoms with Crippen LogP contribution >= 0.6 is 12.4 Å². The minimum absolute atomic E-state index is 0. The number of anilines is 1. The molecule has 1 amide bonds. The van der Waals surface area contributed by atoms with E-state index in [9.17, 15) is 9.59 Å². The monoisotopic (exact) mass is 298 g/mol. The third-order valence-electron chi connectivity index (χ3n) is 3.48. The smallest absolute Gasteiger partial charge is 0.337 e. The molecule has 20 heavy (non-hydrogen) atoms. The van der Waals surface area contributed by atoms with Gasteiger partial charge in [0.05, 0.1) is 12.7 Å². The number of amides is 1. The number of carbonyl (C=O) groups excluding carboxylic acids is 2. The van der Waals surface area contributed by atoms with E-state index < -0.39 is 5.97 Å². The first kappa shape index (κ1) is 16.5. The molecule has 2 rings (SSSR count). The van der Waals surface area contributed by atoms with Crippen LogP contribution in [0.25, 0.3) is 0 Å². The molecule has 110 valence electrons. The van der Waals surface area contributed by atoms with Crippen molar-refractivity contribution in [2.45, 2.75) is 6.92 Å². The van der Waals surface area contributed by atoms with Gasteiger partial charge in [0.25, 0.3) is 0 Å². The molecule has 0 radical (unpaired) electrons. The van der Waals surface area contributed by atoms with E-state index in [1.165, 1.54) is 7.11 Å². The number of rotatable bonds is 4. The van der Waals surface area contributed by atoms with Gasteiger partial charge in [-0.3, -0.25) is 4.79 Å². The van der Waals surface area contributed by atoms with Crippen molar-refractivity contribution in [3.05, 3.63) is 29.8 Å². The van der Waals surface area contributed by atoms with Crippen LogP contribution in [0.4, 0.5) is 5.69 Å². The zero-order valence-corrected chi connectivity index (χ0v) is 12.3. The first-order valence-electron chi connectivity index (χ1n) is 6.31. The average molecular weight is 299 g/mol. The molecule has 1 aliphatic heterocycles. The average Bonchev–Trinajstić information content (AvgIpc) is 2.36. The summed E-state index contributed by atoms with van der Waals surface area (Å²) in [4.78, 5) is 23.4. The van der Waals surface area contributed by atoms with Gasteiger partial charge >= 0.3 is 5.97 Å². The Balaban J connectivity index is 0.00000200. The van der Waals surface area contributed by atoms with Crippen LogP contribution in [-0.4, -0.2) is 32.1 Å². The maximum Gasteiger partial charge on any atom is 0.337 e. The molecule has 1 aromatic carbocycles. The van der Waals surface area contributed by atoms with Crippen LogP contribution in [0.1, 0.15) is 17.3 Å². The highest BCUT2D eigenvalue weighted by Crippen LogP contribution is 2.19. The lowest BCUT2D eigenvalue weighted by Gasteiger charge is -2.31. The second kappa shape index (κ2) is 7.26. The van der Waals surface area contributed by atoms with Crippen LogP contribution in [0.2, 0.25) is 0 Å². The SMILES string of the molecule is COC(=O)c1cccc(NC(=O)C(C)C2CNC2)c1.Cl. The Labute approximate surface area is 124 Å². The van der Waals surface area contributed by atoms with Crippen LogP contribution in [-0.2, 0) is 9.53 Å². The molecule has 6 heteroatoms. The highest BCUT2D eigenvalue weighted by atomic mass is 35.5. The van der Waals surface area contributed by atoms with Crippen molar-refractivity contribution in [2.75, 3.05) is 25.5 Å². The largest absolute Gasteiger partial charge is 0.465 e. The highest BCUT2D eigenvalue weighted by Gasteiger charge is 2.28. The van der Waals surface area contributed by atoms with Crippen molar-refractivity contribution in [1.82, 2.24) is 5.32 Å². The van der Waals surface area contributed by atoms with Gasteiger partial charge in [-0.2, -0.15) is 0 Å². The lowest BCUT2D eigenvalue weighted by Crippen LogP contribution is -2.48. The van der Waals surface area contributed by atoms with Crippen molar-refractivity contribution >= 4 is 30.0 Å². The van der Waals surface area contributed by atoms with Gasteiger partial charge in [-0.25, -0.2) is 4.79 Å². The summed E-state index contributed by atoms with van der Waals surface area (Å²) in [5, 5.41) is 5.99. The Morgan fingerprint density at radius 2 is 2.10 bits per heavy atom. The molecule has 1 unspecified atom stereocenters. The molecule has 0 bridgehead atoms. The molecule has 1 saturated heterocycles. The van der Waals surface area contributed by atoms with E-state index in [2.05, 4.69) is 15.4 Å². The maximum absolute atomic E-state index is 12.0. The number of halogens is 1. The van der Waals surface area contributed by atoms with Crippen molar-refractivity contribution in [3.63, 3.8) is 0 Å². The van der Waals surface area contributed by atoms with E-state index in [4.69, 9.17) is 0 Å². The number of nitrogens with one attached hydrogen (secondary N) is 2. The van der Waals surface area contributed by atoms with E-state index >= 15 is 0 Å². The summed E-state index contributed by atoms with van der Waals surface area (Å²) in [7, 11) is 1.33. The molecule has 0 saturated carbocycles. The highest BCUT2D eigenvalue weighted by molar-refractivity contribution is 5.95. The molecule has 5 nitrogen and oxygen atoms in total. The molecule has 1 fully saturated rings. The summed E-state index contributed by atoms with van der Waals surface area (Å²) in [6.07, 6.45) is 0. The number of methoxy groups -OCH3 is 1. The van der Waals surface area contributed by atoms with Gasteiger partial charge in [-0.05, 0) is 37.2 Å². The van der Waals surface area contributed by atoms with Gasteiger partial charge in [0, 0.05) is 11.6 Å². The van der Waals surface area contributed by atoms with Crippen LogP contribution < -0.4 is 10.6 Å². The predicted octanol–water partition coefficient (Wildman–Crippen LogP) is 1.69. The third-order valence-corrected chi connectivity index (χ3v) is 3.48. The van der Waals surface area contributed by atoms with Crippen LogP contribution in [0.5, 0.6) is 0 Å². The van der Waals surface area contributed by atoms with Gasteiger partial charge in [0.15, 0.2) is 0 Å². The zero-order chi connectivity index (χ0) is 13.8. The van der Waals surface area contributed by atoms with E-state index in [-0.39, 0.29) is 24.2 Å². The summed E-state index contributed by atoms with van der Waals surface area (Å²) in [6.45, 7) is 3.69. The molecule has 0 aromatic heterocycles. The second-order valence-corrected chi connectivity index (χ2v) is 4.77. The van der Waals surface area contributed by atoms with Crippen LogP contribution in [0, 0.1) is 11.8 Å². The Bertz CT molecular complexity index is 489. The second-order valence-electron chi connectivity index (χ2n) is 4.77. The summed E-state index contributed by atoms with van der Waals surface area (Å²) in [5.74, 6) is -0.0762. The number of carbonyl (C=O) groups is 2. The van der Waals surface area contributed by atoms with Crippen molar-refractivity contribution in [2.24, 2.45) is 11.8 Å². The Hall–Kier alpha value is -1.59. The van der Waals surface area contributed by atoms with E-state index in [0.29, 0.717) is 17.2 Å². The van der Waals surface area contributed by atoms with Crippen molar-refractivity contribution in [3.8, 4) is 0 Å². The van der Waals surface area contributed by atoms with Crippen LogP contribution in [0.15, 0.2) is 24.3 Å². The van der Waals surface area contributed by atoms with Gasteiger partial charge in [0.2, 0.25) is 5.91 Å². The summed E-state index contributed by atoms with van der Waals surface area (Å²) in [5.41, 5.74) is 1.05. The number of hydrogen-bond acceptors (Lipinski definition) is 4. The molecule has 0 aliphatic carbocycles. The molecular formula is C14H19ClN2O3. The molecule has 1 aliphatic rings. The number of esters is 1. The predicted molar refractivity (Wildman–Crippen MR) is 79.2 cm³/mol. The fourth-order valence-electron chi connectivity index (χ4n) is 1.98. The summed E-state index contributed by atoms with van der Waals surface area (Å²) < 4.78 is 4.65. The van der Waals surface area contributed by atoms with E-state index in [0.717, 1.165) is 13.1 Å². The Morgan fingerprint density at radius 1 is 1.40 bits per heavy atom. The lowest BCUT2D eigenvalue weighted by atomic mass is 9.88. The maximum atomic E-state index is 12.0. The van der Waals surface area contributed by atoms with Crippen molar-refractivity contribution in [1.29, 1.82) is 0 Å². The molecule has 1 atom stereocenters. The topological polar surface area (TPSA) is 67.4 Å². The lowest BCUT2D eigenvalue weighted by molar-refractivity contribution is -0.121. The van der Waals surface area contributed by atoms with Crippen LogP contribution in [0.3, 0.4) is 0 Å². The molecule has 1 heterocycles. The first-order valence-corrected chi connectivity index (χ1v) is 6.31. The molecular weight excluding hydrogens is 280 g/mol. The fraction of sp³-hybridized carbons (Fsp3) is 0.429. The van der Waals surface area contributed by atoms with Gasteiger partial charge in [-0.15, -0.1) is 12.4 Å². The van der Waals surface area contributed by atoms with Gasteiger partial charge < -0.3 is 15.4 Å². The molecule has 2 N–H and O–H groups in total. The third kappa shape index (κ3) is 3.71. The minimum Gasteiger partial charge on any atom is -0.465 e. The number of hydrogen-bond donors (Lipinski definition) is 2. The Kier molecular flexibility index (Phi) is 5.98. The normalized spacial score (nSPS) is 15.5. The van der Waals surface area contributed by atoms with E-state index in [1.54, 1.807) is 24.3 Å². The van der Waals surface area contributed by atoms with Gasteiger partial charge in [0.1, 0.15) is 0 Å². The fourth-order valence-corrected chi connectivity index (χ4v) is 1.98. The quantitative estimate of drug-likeness (QED) is 0.830. The zero-order valence-electron chi connectivity index (χ0n) is 11.5. The minimum atomic E-state index is -0.410. The molecule has 0 spiro atoms. The number of benzene rings is 1. The molecule has 1 aromatic rings.